The Balaban J connectivity index is 1.19. The van der Waals surface area contributed by atoms with Crippen LogP contribution in [0.1, 0.15) is 24.0 Å². The highest BCUT2D eigenvalue weighted by Gasteiger charge is 2.33. The number of quaternary nitrogens is 3. The molecule has 2 aliphatic rings. The van der Waals surface area contributed by atoms with Gasteiger partial charge in [0.2, 0.25) is 0 Å². The van der Waals surface area contributed by atoms with E-state index in [2.05, 4.69) is 30.3 Å². The Labute approximate surface area is 172 Å². The Kier molecular flexibility index (Phi) is 6.54. The number of likely N-dealkylation sites (tertiary alicyclic amines) is 1. The number of piperazine rings is 1. The van der Waals surface area contributed by atoms with Crippen molar-refractivity contribution in [3.8, 4) is 0 Å². The highest BCUT2D eigenvalue weighted by atomic mass is 16.6. The monoisotopic (exact) mass is 397 g/mol. The molecule has 4 rings (SSSR count). The van der Waals surface area contributed by atoms with Crippen LogP contribution in [0.15, 0.2) is 54.6 Å². The van der Waals surface area contributed by atoms with Crippen LogP contribution in [0.2, 0.25) is 0 Å². The summed E-state index contributed by atoms with van der Waals surface area (Å²) >= 11 is 0. The molecule has 29 heavy (non-hydrogen) atoms. The summed E-state index contributed by atoms with van der Waals surface area (Å²) in [6, 6.07) is 18.8. The molecular formula is C23H33N4O2+3. The summed E-state index contributed by atoms with van der Waals surface area (Å²) in [5.74, 6) is 0. The van der Waals surface area contributed by atoms with Crippen LogP contribution in [0, 0.1) is 10.1 Å². The fourth-order valence-corrected chi connectivity index (χ4v) is 5.03. The number of nitro benzene ring substituents is 1. The number of nitrogens with one attached hydrogen (secondary N) is 3. The van der Waals surface area contributed by atoms with Crippen molar-refractivity contribution < 1.29 is 19.6 Å². The first-order valence-electron chi connectivity index (χ1n) is 11.0. The molecule has 154 valence electrons. The van der Waals surface area contributed by atoms with E-state index in [4.69, 9.17) is 0 Å². The van der Waals surface area contributed by atoms with Gasteiger partial charge in [0, 0.05) is 36.1 Å². The van der Waals surface area contributed by atoms with Crippen molar-refractivity contribution in [2.45, 2.75) is 32.0 Å². The van der Waals surface area contributed by atoms with Crippen molar-refractivity contribution in [3.63, 3.8) is 0 Å². The summed E-state index contributed by atoms with van der Waals surface area (Å²) in [6.07, 6.45) is 2.68. The lowest BCUT2D eigenvalue weighted by molar-refractivity contribution is -1.04. The minimum atomic E-state index is -0.328. The maximum atomic E-state index is 10.8. The molecule has 0 saturated carbocycles. The summed E-state index contributed by atoms with van der Waals surface area (Å²) < 4.78 is 0. The summed E-state index contributed by atoms with van der Waals surface area (Å²) in [5.41, 5.74) is 2.84. The number of hydrogen-bond acceptors (Lipinski definition) is 2. The molecule has 2 aliphatic heterocycles. The predicted molar refractivity (Wildman–Crippen MR) is 112 cm³/mol. The number of nitro groups is 1. The third-order valence-corrected chi connectivity index (χ3v) is 6.77. The van der Waals surface area contributed by atoms with Crippen molar-refractivity contribution in [1.29, 1.82) is 0 Å². The predicted octanol–water partition coefficient (Wildman–Crippen LogP) is -0.874. The van der Waals surface area contributed by atoms with Crippen molar-refractivity contribution in [3.05, 3.63) is 75.8 Å². The number of non-ortho nitro benzene ring substituents is 1. The average molecular weight is 398 g/mol. The second-order valence-electron chi connectivity index (χ2n) is 8.70. The first-order chi connectivity index (χ1) is 14.2. The number of nitrogens with zero attached hydrogens (tertiary/aromatic N) is 1. The van der Waals surface area contributed by atoms with E-state index in [-0.39, 0.29) is 10.6 Å². The molecule has 2 heterocycles. The van der Waals surface area contributed by atoms with Gasteiger partial charge < -0.3 is 14.7 Å². The zero-order chi connectivity index (χ0) is 20.1. The van der Waals surface area contributed by atoms with E-state index in [1.165, 1.54) is 63.2 Å². The van der Waals surface area contributed by atoms with Crippen LogP contribution in [0.25, 0.3) is 0 Å². The quantitative estimate of drug-likeness (QED) is 0.438. The van der Waals surface area contributed by atoms with Crippen LogP contribution in [0.3, 0.4) is 0 Å². The van der Waals surface area contributed by atoms with E-state index in [0.29, 0.717) is 0 Å². The zero-order valence-electron chi connectivity index (χ0n) is 17.1. The largest absolute Gasteiger partial charge is 0.331 e. The van der Waals surface area contributed by atoms with Gasteiger partial charge in [-0.1, -0.05) is 30.3 Å². The number of piperidine rings is 1. The van der Waals surface area contributed by atoms with Crippen LogP contribution < -0.4 is 14.7 Å². The Bertz CT molecular complexity index is 780. The minimum Gasteiger partial charge on any atom is -0.331 e. The SMILES string of the molecule is O=[N+]([O-])c1ccc(C[NH+]2CC[NH+](C3CC[NH+](Cc4ccccc4)CC3)CC2)cc1. The van der Waals surface area contributed by atoms with Crippen LogP contribution in [0.4, 0.5) is 5.69 Å². The van der Waals surface area contributed by atoms with E-state index in [1.54, 1.807) is 26.8 Å². The third kappa shape index (κ3) is 5.41. The van der Waals surface area contributed by atoms with E-state index in [9.17, 15) is 10.1 Å². The Morgan fingerprint density at radius 3 is 1.90 bits per heavy atom. The van der Waals surface area contributed by atoms with E-state index in [0.717, 1.165) is 19.1 Å². The second-order valence-corrected chi connectivity index (χ2v) is 8.70. The standard InChI is InChI=1S/C23H30N4O2/c28-27(29)23-8-6-21(7-9-23)19-25-14-16-26(17-15-25)22-10-12-24(13-11-22)18-20-4-2-1-3-5-20/h1-9,22H,10-19H2/p+3. The maximum Gasteiger partial charge on any atom is 0.269 e. The van der Waals surface area contributed by atoms with Gasteiger partial charge in [0.05, 0.1) is 24.1 Å². The van der Waals surface area contributed by atoms with Crippen molar-refractivity contribution in [2.75, 3.05) is 39.3 Å². The van der Waals surface area contributed by atoms with Gasteiger partial charge in [0.25, 0.3) is 5.69 Å². The van der Waals surface area contributed by atoms with E-state index >= 15 is 0 Å². The summed E-state index contributed by atoms with van der Waals surface area (Å²) in [7, 11) is 0. The Hall–Kier alpha value is -2.28. The second kappa shape index (κ2) is 9.48. The Morgan fingerprint density at radius 1 is 0.759 bits per heavy atom. The molecule has 0 aromatic heterocycles. The molecule has 0 bridgehead atoms. The molecule has 0 amide bonds. The van der Waals surface area contributed by atoms with E-state index < -0.39 is 0 Å². The molecule has 0 radical (unpaired) electrons. The fraction of sp³-hybridized carbons (Fsp3) is 0.478. The molecular weight excluding hydrogens is 364 g/mol. The van der Waals surface area contributed by atoms with Gasteiger partial charge in [-0.2, -0.15) is 0 Å². The lowest BCUT2D eigenvalue weighted by atomic mass is 10.0. The average Bonchev–Trinajstić information content (AvgIpc) is 2.76. The molecule has 6 nitrogen and oxygen atoms in total. The van der Waals surface area contributed by atoms with Gasteiger partial charge >= 0.3 is 0 Å². The van der Waals surface area contributed by atoms with E-state index in [1.807, 2.05) is 12.1 Å². The third-order valence-electron chi connectivity index (χ3n) is 6.77. The normalized spacial score (nSPS) is 27.4. The smallest absolute Gasteiger partial charge is 0.269 e. The van der Waals surface area contributed by atoms with Crippen LogP contribution in [-0.2, 0) is 13.1 Å². The molecule has 0 atom stereocenters. The first kappa shape index (κ1) is 20.0. The van der Waals surface area contributed by atoms with Crippen molar-refractivity contribution in [2.24, 2.45) is 0 Å². The highest BCUT2D eigenvalue weighted by Crippen LogP contribution is 2.11. The van der Waals surface area contributed by atoms with Gasteiger partial charge in [0.1, 0.15) is 39.3 Å². The van der Waals surface area contributed by atoms with Gasteiger partial charge in [-0.25, -0.2) is 0 Å². The summed E-state index contributed by atoms with van der Waals surface area (Å²) in [5, 5.41) is 10.8. The molecule has 0 unspecified atom stereocenters. The Morgan fingerprint density at radius 2 is 1.31 bits per heavy atom. The van der Waals surface area contributed by atoms with Crippen LogP contribution in [0.5, 0.6) is 0 Å². The molecule has 2 aromatic rings. The van der Waals surface area contributed by atoms with Gasteiger partial charge in [-0.15, -0.1) is 0 Å². The molecule has 3 N–H and O–H groups in total. The minimum absolute atomic E-state index is 0.179. The lowest BCUT2D eigenvalue weighted by Gasteiger charge is -2.37. The summed E-state index contributed by atoms with van der Waals surface area (Å²) in [4.78, 5) is 15.6. The topological polar surface area (TPSA) is 56.5 Å². The van der Waals surface area contributed by atoms with Crippen LogP contribution >= 0.6 is 0 Å². The highest BCUT2D eigenvalue weighted by molar-refractivity contribution is 5.32. The molecule has 0 spiro atoms. The number of benzene rings is 2. The van der Waals surface area contributed by atoms with Crippen molar-refractivity contribution in [1.82, 2.24) is 0 Å². The maximum absolute atomic E-state index is 10.8. The fourth-order valence-electron chi connectivity index (χ4n) is 5.03. The summed E-state index contributed by atoms with van der Waals surface area (Å²) in [6.45, 7) is 9.63. The van der Waals surface area contributed by atoms with Crippen LogP contribution in [-0.4, -0.2) is 50.2 Å². The number of rotatable bonds is 6. The van der Waals surface area contributed by atoms with Crippen molar-refractivity contribution >= 4 is 5.69 Å². The van der Waals surface area contributed by atoms with Gasteiger partial charge in [0.15, 0.2) is 0 Å². The molecule has 0 aliphatic carbocycles. The molecule has 2 aromatic carbocycles. The lowest BCUT2D eigenvalue weighted by Crippen LogP contribution is -3.30. The van der Waals surface area contributed by atoms with Gasteiger partial charge in [-0.3, -0.25) is 10.1 Å². The first-order valence-corrected chi connectivity index (χ1v) is 11.0. The molecule has 6 heteroatoms. The van der Waals surface area contributed by atoms with Gasteiger partial charge in [-0.05, 0) is 12.1 Å². The molecule has 2 saturated heterocycles. The molecule has 2 fully saturated rings. The zero-order valence-corrected chi connectivity index (χ0v) is 17.1. The number of hydrogen-bond donors (Lipinski definition) is 3.